The van der Waals surface area contributed by atoms with Gasteiger partial charge in [0.1, 0.15) is 11.5 Å². The van der Waals surface area contributed by atoms with Crippen molar-refractivity contribution in [2.24, 2.45) is 0 Å². The zero-order valence-electron chi connectivity index (χ0n) is 12.6. The summed E-state index contributed by atoms with van der Waals surface area (Å²) >= 11 is 0. The summed E-state index contributed by atoms with van der Waals surface area (Å²) in [5, 5.41) is 7.47. The summed E-state index contributed by atoms with van der Waals surface area (Å²) in [5.74, 6) is -0.393. The standard InChI is InChI=1S/C16H19FN4O/c1-12-13(16(22)20-9-4-7-18-8-10-20)11-19-21(12)15-6-3-2-5-14(15)17/h2-3,5-6,11,18H,4,7-10H2,1H3. The molecule has 3 rings (SSSR count). The molecule has 1 saturated heterocycles. The Balaban J connectivity index is 1.90. The fraction of sp³-hybridized carbons (Fsp3) is 0.375. The Bertz CT molecular complexity index is 675. The summed E-state index contributed by atoms with van der Waals surface area (Å²) in [4.78, 5) is 14.5. The minimum Gasteiger partial charge on any atom is -0.337 e. The van der Waals surface area contributed by atoms with E-state index >= 15 is 0 Å². The Morgan fingerprint density at radius 1 is 1.27 bits per heavy atom. The van der Waals surface area contributed by atoms with E-state index in [1.165, 1.54) is 16.9 Å². The number of aromatic nitrogens is 2. The van der Waals surface area contributed by atoms with E-state index in [-0.39, 0.29) is 11.7 Å². The molecule has 2 heterocycles. The molecule has 0 atom stereocenters. The van der Waals surface area contributed by atoms with Crippen LogP contribution in [0.4, 0.5) is 4.39 Å². The molecule has 0 aliphatic carbocycles. The van der Waals surface area contributed by atoms with Crippen molar-refractivity contribution < 1.29 is 9.18 Å². The molecule has 1 aliphatic rings. The first kappa shape index (κ1) is 14.7. The van der Waals surface area contributed by atoms with E-state index in [4.69, 9.17) is 0 Å². The number of hydrogen-bond donors (Lipinski definition) is 1. The molecule has 5 nitrogen and oxygen atoms in total. The van der Waals surface area contributed by atoms with Gasteiger partial charge >= 0.3 is 0 Å². The van der Waals surface area contributed by atoms with E-state index in [0.29, 0.717) is 23.5 Å². The number of carbonyl (C=O) groups excluding carboxylic acids is 1. The molecule has 1 fully saturated rings. The van der Waals surface area contributed by atoms with Crippen LogP contribution in [-0.2, 0) is 0 Å². The molecular formula is C16H19FN4O. The second kappa shape index (κ2) is 6.27. The molecule has 22 heavy (non-hydrogen) atoms. The van der Waals surface area contributed by atoms with Crippen molar-refractivity contribution in [3.8, 4) is 5.69 Å². The van der Waals surface area contributed by atoms with Crippen LogP contribution >= 0.6 is 0 Å². The highest BCUT2D eigenvalue weighted by Crippen LogP contribution is 2.18. The van der Waals surface area contributed by atoms with Gasteiger partial charge in [0.2, 0.25) is 0 Å². The van der Waals surface area contributed by atoms with Gasteiger partial charge in [-0.1, -0.05) is 12.1 Å². The maximum absolute atomic E-state index is 13.9. The number of nitrogens with zero attached hydrogens (tertiary/aromatic N) is 3. The molecule has 116 valence electrons. The molecule has 0 unspecified atom stereocenters. The van der Waals surface area contributed by atoms with Crippen LogP contribution in [0, 0.1) is 12.7 Å². The first-order chi connectivity index (χ1) is 10.7. The molecule has 0 saturated carbocycles. The molecule has 0 bridgehead atoms. The van der Waals surface area contributed by atoms with E-state index in [2.05, 4.69) is 10.4 Å². The SMILES string of the molecule is Cc1c(C(=O)N2CCCNCC2)cnn1-c1ccccc1F. The molecule has 1 amide bonds. The first-order valence-corrected chi connectivity index (χ1v) is 7.48. The van der Waals surface area contributed by atoms with Crippen molar-refractivity contribution in [2.45, 2.75) is 13.3 Å². The summed E-state index contributed by atoms with van der Waals surface area (Å²) in [6.45, 7) is 4.94. The number of rotatable bonds is 2. The maximum atomic E-state index is 13.9. The normalized spacial score (nSPS) is 15.6. The minimum atomic E-state index is -0.355. The molecule has 6 heteroatoms. The van der Waals surface area contributed by atoms with Crippen LogP contribution in [0.15, 0.2) is 30.5 Å². The van der Waals surface area contributed by atoms with Gasteiger partial charge in [0.05, 0.1) is 17.5 Å². The Kier molecular flexibility index (Phi) is 4.20. The number of carbonyl (C=O) groups is 1. The van der Waals surface area contributed by atoms with Gasteiger partial charge in [-0.05, 0) is 32.0 Å². The van der Waals surface area contributed by atoms with Crippen molar-refractivity contribution in [3.05, 3.63) is 47.5 Å². The van der Waals surface area contributed by atoms with Crippen LogP contribution in [0.3, 0.4) is 0 Å². The first-order valence-electron chi connectivity index (χ1n) is 7.48. The van der Waals surface area contributed by atoms with E-state index in [1.807, 2.05) is 4.90 Å². The average molecular weight is 302 g/mol. The minimum absolute atomic E-state index is 0.0382. The lowest BCUT2D eigenvalue weighted by atomic mass is 10.2. The monoisotopic (exact) mass is 302 g/mol. The molecule has 0 spiro atoms. The third kappa shape index (κ3) is 2.74. The number of hydrogen-bond acceptors (Lipinski definition) is 3. The number of halogens is 1. The molecule has 1 N–H and O–H groups in total. The molecule has 1 aromatic heterocycles. The molecule has 1 aromatic carbocycles. The topological polar surface area (TPSA) is 50.2 Å². The van der Waals surface area contributed by atoms with Crippen molar-refractivity contribution in [1.82, 2.24) is 20.0 Å². The number of nitrogens with one attached hydrogen (secondary N) is 1. The highest BCUT2D eigenvalue weighted by Gasteiger charge is 2.22. The fourth-order valence-electron chi connectivity index (χ4n) is 2.71. The molecule has 2 aromatic rings. The van der Waals surface area contributed by atoms with Gasteiger partial charge in [0.25, 0.3) is 5.91 Å². The second-order valence-corrected chi connectivity index (χ2v) is 5.40. The van der Waals surface area contributed by atoms with Crippen molar-refractivity contribution in [1.29, 1.82) is 0 Å². The third-order valence-corrected chi connectivity index (χ3v) is 3.95. The summed E-state index contributed by atoms with van der Waals surface area (Å²) < 4.78 is 15.4. The van der Waals surface area contributed by atoms with Crippen molar-refractivity contribution in [3.63, 3.8) is 0 Å². The van der Waals surface area contributed by atoms with Crippen molar-refractivity contribution >= 4 is 5.91 Å². The van der Waals surface area contributed by atoms with Gasteiger partial charge in [-0.2, -0.15) is 5.10 Å². The van der Waals surface area contributed by atoms with Gasteiger partial charge in [-0.15, -0.1) is 0 Å². The lowest BCUT2D eigenvalue weighted by Gasteiger charge is -2.19. The van der Waals surface area contributed by atoms with Gasteiger partial charge in [-0.25, -0.2) is 9.07 Å². The molecule has 1 aliphatic heterocycles. The van der Waals surface area contributed by atoms with Gasteiger partial charge in [0.15, 0.2) is 0 Å². The summed E-state index contributed by atoms with van der Waals surface area (Å²) in [7, 11) is 0. The largest absolute Gasteiger partial charge is 0.337 e. The highest BCUT2D eigenvalue weighted by molar-refractivity contribution is 5.95. The van der Waals surface area contributed by atoms with E-state index < -0.39 is 0 Å². The second-order valence-electron chi connectivity index (χ2n) is 5.40. The average Bonchev–Trinajstić information content (AvgIpc) is 2.75. The zero-order chi connectivity index (χ0) is 15.5. The van der Waals surface area contributed by atoms with Crippen LogP contribution in [-0.4, -0.2) is 46.8 Å². The number of para-hydroxylation sites is 1. The van der Waals surface area contributed by atoms with Gasteiger partial charge in [-0.3, -0.25) is 4.79 Å². The van der Waals surface area contributed by atoms with Crippen LogP contribution in [0.2, 0.25) is 0 Å². The fourth-order valence-corrected chi connectivity index (χ4v) is 2.71. The van der Waals surface area contributed by atoms with Gasteiger partial charge < -0.3 is 10.2 Å². The van der Waals surface area contributed by atoms with Crippen molar-refractivity contribution in [2.75, 3.05) is 26.2 Å². The quantitative estimate of drug-likeness (QED) is 0.919. The summed E-state index contributed by atoms with van der Waals surface area (Å²) in [6.07, 6.45) is 2.47. The molecular weight excluding hydrogens is 283 g/mol. The predicted molar refractivity (Wildman–Crippen MR) is 81.6 cm³/mol. The van der Waals surface area contributed by atoms with Crippen LogP contribution in [0.5, 0.6) is 0 Å². The predicted octanol–water partition coefficient (Wildman–Crippen LogP) is 1.76. The van der Waals surface area contributed by atoms with E-state index in [1.54, 1.807) is 25.1 Å². The Labute approximate surface area is 128 Å². The lowest BCUT2D eigenvalue weighted by Crippen LogP contribution is -2.34. The number of amides is 1. The zero-order valence-corrected chi connectivity index (χ0v) is 12.6. The van der Waals surface area contributed by atoms with Gasteiger partial charge in [0, 0.05) is 19.6 Å². The maximum Gasteiger partial charge on any atom is 0.257 e. The summed E-state index contributed by atoms with van der Waals surface area (Å²) in [5.41, 5.74) is 1.55. The Hall–Kier alpha value is -2.21. The van der Waals surface area contributed by atoms with Crippen LogP contribution in [0.1, 0.15) is 22.5 Å². The third-order valence-electron chi connectivity index (χ3n) is 3.95. The highest BCUT2D eigenvalue weighted by atomic mass is 19.1. The Morgan fingerprint density at radius 2 is 2.09 bits per heavy atom. The smallest absolute Gasteiger partial charge is 0.257 e. The van der Waals surface area contributed by atoms with Crippen LogP contribution in [0.25, 0.3) is 5.69 Å². The molecule has 0 radical (unpaired) electrons. The number of benzene rings is 1. The lowest BCUT2D eigenvalue weighted by molar-refractivity contribution is 0.0765. The van der Waals surface area contributed by atoms with E-state index in [9.17, 15) is 9.18 Å². The summed E-state index contributed by atoms with van der Waals surface area (Å²) in [6, 6.07) is 6.42. The Morgan fingerprint density at radius 3 is 2.91 bits per heavy atom. The van der Waals surface area contributed by atoms with Crippen LogP contribution < -0.4 is 5.32 Å². The van der Waals surface area contributed by atoms with E-state index in [0.717, 1.165) is 26.1 Å².